The maximum absolute atomic E-state index is 11.9. The number of para-hydroxylation sites is 1. The first-order valence-electron chi connectivity index (χ1n) is 6.52. The number of carbonyl (C=O) groups is 2. The zero-order chi connectivity index (χ0) is 15.8. The zero-order valence-corrected chi connectivity index (χ0v) is 12.8. The Morgan fingerprint density at radius 3 is 2.67 bits per heavy atom. The van der Waals surface area contributed by atoms with Crippen molar-refractivity contribution in [2.45, 2.75) is 13.0 Å². The van der Waals surface area contributed by atoms with E-state index in [1.807, 2.05) is 0 Å². The minimum atomic E-state index is -1.31. The molecule has 0 aliphatic rings. The Morgan fingerprint density at radius 1 is 1.38 bits per heavy atom. The normalized spacial score (nSPS) is 11.6. The summed E-state index contributed by atoms with van der Waals surface area (Å²) < 4.78 is 10.2. The van der Waals surface area contributed by atoms with Crippen molar-refractivity contribution in [3.63, 3.8) is 0 Å². The molecule has 0 aliphatic heterocycles. The van der Waals surface area contributed by atoms with Crippen LogP contribution in [0.5, 0.6) is 5.75 Å². The standard InChI is InChI=1S/C14H19ClN2O4/c1-3-20-14(19)12(16)13(18)17(2)8-9-21-11-7-5-4-6-10(11)15/h4-7,12H,3,8-9,16H2,1-2H3. The molecule has 2 N–H and O–H groups in total. The summed E-state index contributed by atoms with van der Waals surface area (Å²) in [5.74, 6) is -0.715. The molecule has 0 fully saturated rings. The third-order valence-corrected chi connectivity index (χ3v) is 3.02. The maximum Gasteiger partial charge on any atom is 0.332 e. The van der Waals surface area contributed by atoms with Crippen LogP contribution in [0.2, 0.25) is 5.02 Å². The number of rotatable bonds is 7. The van der Waals surface area contributed by atoms with Gasteiger partial charge in [-0.2, -0.15) is 0 Å². The van der Waals surface area contributed by atoms with Crippen LogP contribution in [0, 0.1) is 0 Å². The molecular weight excluding hydrogens is 296 g/mol. The Hall–Kier alpha value is -1.79. The maximum atomic E-state index is 11.9. The SMILES string of the molecule is CCOC(=O)C(N)C(=O)N(C)CCOc1ccccc1Cl. The predicted molar refractivity (Wildman–Crippen MR) is 79.2 cm³/mol. The Kier molecular flexibility index (Phi) is 6.98. The number of carbonyl (C=O) groups excluding carboxylic acids is 2. The Bertz CT molecular complexity index is 496. The van der Waals surface area contributed by atoms with E-state index < -0.39 is 17.9 Å². The minimum Gasteiger partial charge on any atom is -0.490 e. The van der Waals surface area contributed by atoms with E-state index in [1.54, 1.807) is 31.2 Å². The number of amides is 1. The van der Waals surface area contributed by atoms with Gasteiger partial charge >= 0.3 is 5.97 Å². The number of esters is 1. The number of likely N-dealkylation sites (N-methyl/N-ethyl adjacent to an activating group) is 1. The lowest BCUT2D eigenvalue weighted by Gasteiger charge is -2.20. The van der Waals surface area contributed by atoms with Crippen molar-refractivity contribution in [3.8, 4) is 5.75 Å². The molecule has 1 unspecified atom stereocenters. The molecule has 6 nitrogen and oxygen atoms in total. The minimum absolute atomic E-state index is 0.180. The fourth-order valence-corrected chi connectivity index (χ4v) is 1.73. The first kappa shape index (κ1) is 17.3. The molecule has 7 heteroatoms. The molecule has 21 heavy (non-hydrogen) atoms. The van der Waals surface area contributed by atoms with E-state index >= 15 is 0 Å². The summed E-state index contributed by atoms with van der Waals surface area (Å²) in [5, 5.41) is 0.495. The number of halogens is 1. The molecule has 0 spiro atoms. The fourth-order valence-electron chi connectivity index (χ4n) is 1.53. The van der Waals surface area contributed by atoms with Gasteiger partial charge in [0, 0.05) is 7.05 Å². The van der Waals surface area contributed by atoms with Crippen LogP contribution in [0.4, 0.5) is 0 Å². The quantitative estimate of drug-likeness (QED) is 0.601. The van der Waals surface area contributed by atoms with Crippen molar-refractivity contribution in [1.29, 1.82) is 0 Å². The Labute approximate surface area is 128 Å². The van der Waals surface area contributed by atoms with Crippen molar-refractivity contribution >= 4 is 23.5 Å². The third-order valence-electron chi connectivity index (χ3n) is 2.70. The average Bonchev–Trinajstić information content (AvgIpc) is 2.47. The van der Waals surface area contributed by atoms with Gasteiger partial charge in [-0.05, 0) is 19.1 Å². The molecule has 0 bridgehead atoms. The summed E-state index contributed by atoms with van der Waals surface area (Å²) >= 11 is 5.94. The highest BCUT2D eigenvalue weighted by Crippen LogP contribution is 2.22. The number of nitrogens with zero attached hydrogens (tertiary/aromatic N) is 1. The van der Waals surface area contributed by atoms with Crippen LogP contribution in [0.15, 0.2) is 24.3 Å². The van der Waals surface area contributed by atoms with Gasteiger partial charge < -0.3 is 20.1 Å². The molecule has 0 heterocycles. The van der Waals surface area contributed by atoms with Gasteiger partial charge in [0.1, 0.15) is 12.4 Å². The van der Waals surface area contributed by atoms with Gasteiger partial charge in [-0.25, -0.2) is 4.79 Å². The van der Waals surface area contributed by atoms with Gasteiger partial charge in [0.15, 0.2) is 6.04 Å². The Balaban J connectivity index is 2.43. The summed E-state index contributed by atoms with van der Waals surface area (Å²) in [6, 6.07) is 5.72. The van der Waals surface area contributed by atoms with Gasteiger partial charge in [-0.3, -0.25) is 4.79 Å². The Morgan fingerprint density at radius 2 is 2.05 bits per heavy atom. The molecule has 0 radical (unpaired) electrons. The molecule has 1 aromatic rings. The van der Waals surface area contributed by atoms with E-state index in [2.05, 4.69) is 0 Å². The molecule has 0 aliphatic carbocycles. The number of nitrogens with two attached hydrogens (primary N) is 1. The van der Waals surface area contributed by atoms with E-state index in [0.29, 0.717) is 10.8 Å². The highest BCUT2D eigenvalue weighted by atomic mass is 35.5. The molecule has 1 rings (SSSR count). The van der Waals surface area contributed by atoms with Crippen molar-refractivity contribution in [2.75, 3.05) is 26.8 Å². The van der Waals surface area contributed by atoms with E-state index in [-0.39, 0.29) is 19.8 Å². The molecule has 116 valence electrons. The van der Waals surface area contributed by atoms with Crippen LogP contribution in [-0.2, 0) is 14.3 Å². The van der Waals surface area contributed by atoms with Gasteiger partial charge in [-0.15, -0.1) is 0 Å². The van der Waals surface area contributed by atoms with Crippen molar-refractivity contribution < 1.29 is 19.1 Å². The van der Waals surface area contributed by atoms with E-state index in [9.17, 15) is 9.59 Å². The van der Waals surface area contributed by atoms with Crippen molar-refractivity contribution in [1.82, 2.24) is 4.90 Å². The lowest BCUT2D eigenvalue weighted by Crippen LogP contribution is -2.48. The van der Waals surface area contributed by atoms with Crippen LogP contribution in [0.25, 0.3) is 0 Å². The second-order valence-corrected chi connectivity index (χ2v) is 4.68. The second-order valence-electron chi connectivity index (χ2n) is 4.27. The molecule has 1 aromatic carbocycles. The zero-order valence-electron chi connectivity index (χ0n) is 12.0. The number of ether oxygens (including phenoxy) is 2. The van der Waals surface area contributed by atoms with Gasteiger partial charge in [0.25, 0.3) is 5.91 Å². The van der Waals surface area contributed by atoms with Crippen molar-refractivity contribution in [2.24, 2.45) is 5.73 Å². The summed E-state index contributed by atoms with van der Waals surface area (Å²) in [4.78, 5) is 24.6. The molecule has 0 aromatic heterocycles. The van der Waals surface area contributed by atoms with Gasteiger partial charge in [-0.1, -0.05) is 23.7 Å². The molecule has 0 saturated carbocycles. The lowest BCUT2D eigenvalue weighted by atomic mass is 10.3. The van der Waals surface area contributed by atoms with Crippen molar-refractivity contribution in [3.05, 3.63) is 29.3 Å². The van der Waals surface area contributed by atoms with E-state index in [0.717, 1.165) is 0 Å². The van der Waals surface area contributed by atoms with Crippen LogP contribution in [0.1, 0.15) is 6.92 Å². The average molecular weight is 315 g/mol. The third kappa shape index (κ3) is 5.24. The predicted octanol–water partition coefficient (Wildman–Crippen LogP) is 1.07. The molecule has 1 atom stereocenters. The van der Waals surface area contributed by atoms with Crippen LogP contribution in [0.3, 0.4) is 0 Å². The first-order valence-corrected chi connectivity index (χ1v) is 6.89. The first-order chi connectivity index (χ1) is 9.97. The molecular formula is C14H19ClN2O4. The van der Waals surface area contributed by atoms with E-state index in [1.165, 1.54) is 11.9 Å². The van der Waals surface area contributed by atoms with Gasteiger partial charge in [0.2, 0.25) is 0 Å². The summed E-state index contributed by atoms with van der Waals surface area (Å²) in [6.45, 7) is 2.34. The highest BCUT2D eigenvalue weighted by molar-refractivity contribution is 6.32. The second kappa shape index (κ2) is 8.49. The van der Waals surface area contributed by atoms with Gasteiger partial charge in [0.05, 0.1) is 18.2 Å². The van der Waals surface area contributed by atoms with Crippen LogP contribution in [-0.4, -0.2) is 49.6 Å². The number of hydrogen-bond acceptors (Lipinski definition) is 5. The number of benzene rings is 1. The fraction of sp³-hybridized carbons (Fsp3) is 0.429. The number of hydrogen-bond donors (Lipinski definition) is 1. The topological polar surface area (TPSA) is 81.9 Å². The molecule has 0 saturated heterocycles. The summed E-state index contributed by atoms with van der Waals surface area (Å²) in [7, 11) is 1.54. The highest BCUT2D eigenvalue weighted by Gasteiger charge is 2.26. The summed E-state index contributed by atoms with van der Waals surface area (Å²) in [5.41, 5.74) is 5.53. The monoisotopic (exact) mass is 314 g/mol. The molecule has 1 amide bonds. The van der Waals surface area contributed by atoms with Crippen LogP contribution < -0.4 is 10.5 Å². The smallest absolute Gasteiger partial charge is 0.332 e. The largest absolute Gasteiger partial charge is 0.490 e. The van der Waals surface area contributed by atoms with Crippen LogP contribution >= 0.6 is 11.6 Å². The van der Waals surface area contributed by atoms with E-state index in [4.69, 9.17) is 26.8 Å². The lowest BCUT2D eigenvalue weighted by molar-refractivity contribution is -0.150. The summed E-state index contributed by atoms with van der Waals surface area (Å²) in [6.07, 6.45) is 0.